The number of ether oxygens (including phenoxy) is 1. The predicted molar refractivity (Wildman–Crippen MR) is 110 cm³/mol. The number of halogens is 1. The van der Waals surface area contributed by atoms with E-state index in [0.29, 0.717) is 18.0 Å². The highest BCUT2D eigenvalue weighted by Gasteiger charge is 2.36. The Morgan fingerprint density at radius 2 is 1.82 bits per heavy atom. The number of hydrogen-bond donors (Lipinski definition) is 1. The third-order valence-electron chi connectivity index (χ3n) is 5.34. The molecule has 1 amide bonds. The minimum Gasteiger partial charge on any atom is -0.493 e. The van der Waals surface area contributed by atoms with Crippen LogP contribution in [0.25, 0.3) is 0 Å². The third kappa shape index (κ3) is 4.63. The Morgan fingerprint density at radius 1 is 1.14 bits per heavy atom. The zero-order valence-electron chi connectivity index (χ0n) is 16.0. The van der Waals surface area contributed by atoms with E-state index in [9.17, 15) is 9.59 Å². The van der Waals surface area contributed by atoms with Crippen LogP contribution in [0.2, 0.25) is 5.02 Å². The van der Waals surface area contributed by atoms with Crippen molar-refractivity contribution in [1.82, 2.24) is 5.32 Å². The summed E-state index contributed by atoms with van der Waals surface area (Å²) in [5.74, 6) is -0.493. The number of allylic oxidation sites excluding steroid dienone is 1. The first-order valence-electron chi connectivity index (χ1n) is 9.35. The van der Waals surface area contributed by atoms with Crippen molar-refractivity contribution < 1.29 is 14.3 Å². The normalized spacial score (nSPS) is 22.2. The smallest absolute Gasteiger partial charge is 0.227 e. The summed E-state index contributed by atoms with van der Waals surface area (Å²) >= 11 is 5.91. The fourth-order valence-electron chi connectivity index (χ4n) is 3.67. The molecule has 2 unspecified atom stereocenters. The maximum absolute atomic E-state index is 13.0. The highest BCUT2D eigenvalue weighted by molar-refractivity contribution is 6.30. The number of rotatable bonds is 5. The van der Waals surface area contributed by atoms with Crippen molar-refractivity contribution >= 4 is 23.3 Å². The van der Waals surface area contributed by atoms with E-state index in [-0.39, 0.29) is 29.3 Å². The molecule has 0 fully saturated rings. The number of nitrogens with one attached hydrogen (secondary N) is 1. The van der Waals surface area contributed by atoms with Gasteiger partial charge in [-0.2, -0.15) is 0 Å². The molecule has 0 saturated carbocycles. The molecule has 0 heterocycles. The van der Waals surface area contributed by atoms with Gasteiger partial charge in [-0.25, -0.2) is 0 Å². The lowest BCUT2D eigenvalue weighted by molar-refractivity contribution is -0.125. The van der Waals surface area contributed by atoms with Crippen molar-refractivity contribution in [1.29, 1.82) is 0 Å². The van der Waals surface area contributed by atoms with Crippen LogP contribution in [0.3, 0.4) is 0 Å². The van der Waals surface area contributed by atoms with Crippen LogP contribution < -0.4 is 5.32 Å². The number of ketones is 1. The molecule has 1 N–H and O–H groups in total. The molecule has 2 aromatic rings. The molecule has 3 atom stereocenters. The first-order valence-corrected chi connectivity index (χ1v) is 9.73. The Morgan fingerprint density at radius 3 is 2.46 bits per heavy atom. The fourth-order valence-corrected chi connectivity index (χ4v) is 3.80. The number of carbonyl (C=O) groups is 2. The van der Waals surface area contributed by atoms with E-state index in [2.05, 4.69) is 5.32 Å². The van der Waals surface area contributed by atoms with Crippen molar-refractivity contribution in [2.24, 2.45) is 11.8 Å². The topological polar surface area (TPSA) is 55.4 Å². The van der Waals surface area contributed by atoms with Gasteiger partial charge in [0, 0.05) is 18.0 Å². The van der Waals surface area contributed by atoms with E-state index in [4.69, 9.17) is 16.3 Å². The standard InChI is InChI=1S/C23H24ClNO3/c1-15-19(17-6-4-3-5-7-17)12-21(26)22(28-2)13-20(15)23(27)25-14-16-8-10-18(24)11-9-16/h3-11,13,15,19-20H,12,14H2,1-2H3,(H,25,27)/t15?,19?,20-/m0/s1. The molecule has 28 heavy (non-hydrogen) atoms. The summed E-state index contributed by atoms with van der Waals surface area (Å²) in [7, 11) is 1.47. The van der Waals surface area contributed by atoms with Crippen LogP contribution >= 0.6 is 11.6 Å². The Bertz CT molecular complexity index is 861. The molecule has 0 aliphatic heterocycles. The molecule has 0 radical (unpaired) electrons. The van der Waals surface area contributed by atoms with Crippen molar-refractivity contribution in [3.05, 3.63) is 82.6 Å². The van der Waals surface area contributed by atoms with Gasteiger partial charge in [-0.05, 0) is 41.2 Å². The van der Waals surface area contributed by atoms with Gasteiger partial charge in [0.05, 0.1) is 13.0 Å². The molecule has 0 spiro atoms. The van der Waals surface area contributed by atoms with Crippen LogP contribution in [0.15, 0.2) is 66.4 Å². The summed E-state index contributed by atoms with van der Waals surface area (Å²) in [6.45, 7) is 2.42. The zero-order valence-corrected chi connectivity index (χ0v) is 16.8. The average molecular weight is 398 g/mol. The molecule has 4 nitrogen and oxygen atoms in total. The van der Waals surface area contributed by atoms with Crippen molar-refractivity contribution in [2.45, 2.75) is 25.8 Å². The molecule has 5 heteroatoms. The van der Waals surface area contributed by atoms with Gasteiger partial charge in [0.2, 0.25) is 5.91 Å². The number of amides is 1. The van der Waals surface area contributed by atoms with Gasteiger partial charge in [-0.1, -0.05) is 61.0 Å². The van der Waals surface area contributed by atoms with Gasteiger partial charge < -0.3 is 10.1 Å². The van der Waals surface area contributed by atoms with Crippen LogP contribution in [0.5, 0.6) is 0 Å². The van der Waals surface area contributed by atoms with E-state index in [0.717, 1.165) is 11.1 Å². The lowest BCUT2D eigenvalue weighted by atomic mass is 9.78. The van der Waals surface area contributed by atoms with Crippen LogP contribution in [0.1, 0.15) is 30.4 Å². The maximum Gasteiger partial charge on any atom is 0.227 e. The molecule has 0 aromatic heterocycles. The zero-order chi connectivity index (χ0) is 20.1. The van der Waals surface area contributed by atoms with Crippen molar-refractivity contribution in [3.8, 4) is 0 Å². The second-order valence-corrected chi connectivity index (χ2v) is 7.55. The van der Waals surface area contributed by atoms with E-state index in [1.54, 1.807) is 18.2 Å². The van der Waals surface area contributed by atoms with E-state index in [1.807, 2.05) is 49.4 Å². The largest absolute Gasteiger partial charge is 0.493 e. The molecule has 0 bridgehead atoms. The Kier molecular flexibility index (Phi) is 6.53. The summed E-state index contributed by atoms with van der Waals surface area (Å²) in [4.78, 5) is 25.6. The van der Waals surface area contributed by atoms with E-state index in [1.165, 1.54) is 7.11 Å². The SMILES string of the molecule is COC1=C[C@H](C(=O)NCc2ccc(Cl)cc2)C(C)C(c2ccccc2)CC1=O. The fraction of sp³-hybridized carbons (Fsp3) is 0.304. The molecule has 1 aliphatic carbocycles. The first kappa shape index (κ1) is 20.2. The van der Waals surface area contributed by atoms with Crippen LogP contribution in [0, 0.1) is 11.8 Å². The van der Waals surface area contributed by atoms with Gasteiger partial charge in [-0.3, -0.25) is 9.59 Å². The lowest BCUT2D eigenvalue weighted by Crippen LogP contribution is -2.34. The second-order valence-electron chi connectivity index (χ2n) is 7.11. The third-order valence-corrected chi connectivity index (χ3v) is 5.59. The van der Waals surface area contributed by atoms with Crippen LogP contribution in [-0.4, -0.2) is 18.8 Å². The minimum absolute atomic E-state index is 0.0517. The van der Waals surface area contributed by atoms with Gasteiger partial charge in [-0.15, -0.1) is 0 Å². The quantitative estimate of drug-likeness (QED) is 0.808. The summed E-state index contributed by atoms with van der Waals surface area (Å²) in [5, 5.41) is 3.64. The monoisotopic (exact) mass is 397 g/mol. The summed E-state index contributed by atoms with van der Waals surface area (Å²) < 4.78 is 5.29. The predicted octanol–water partition coefficient (Wildman–Crippen LogP) is 4.50. The van der Waals surface area contributed by atoms with Gasteiger partial charge >= 0.3 is 0 Å². The average Bonchev–Trinajstić information content (AvgIpc) is 2.84. The first-order chi connectivity index (χ1) is 13.5. The Balaban J connectivity index is 1.82. The van der Waals surface area contributed by atoms with Crippen molar-refractivity contribution in [3.63, 3.8) is 0 Å². The summed E-state index contributed by atoms with van der Waals surface area (Å²) in [6.07, 6.45) is 2.00. The number of methoxy groups -OCH3 is 1. The van der Waals surface area contributed by atoms with Gasteiger partial charge in [0.1, 0.15) is 0 Å². The molecule has 1 aliphatic rings. The second kappa shape index (κ2) is 9.07. The Hall–Kier alpha value is -2.59. The molecule has 2 aromatic carbocycles. The molecule has 0 saturated heterocycles. The van der Waals surface area contributed by atoms with Crippen molar-refractivity contribution in [2.75, 3.05) is 7.11 Å². The van der Waals surface area contributed by atoms with Crippen LogP contribution in [0.4, 0.5) is 0 Å². The highest BCUT2D eigenvalue weighted by Crippen LogP contribution is 2.38. The minimum atomic E-state index is -0.459. The number of hydrogen-bond acceptors (Lipinski definition) is 3. The van der Waals surface area contributed by atoms with E-state index < -0.39 is 5.92 Å². The molecule has 146 valence electrons. The van der Waals surface area contributed by atoms with Gasteiger partial charge in [0.25, 0.3) is 0 Å². The summed E-state index contributed by atoms with van der Waals surface area (Å²) in [6, 6.07) is 17.2. The molecular formula is C23H24ClNO3. The van der Waals surface area contributed by atoms with Crippen LogP contribution in [-0.2, 0) is 20.9 Å². The van der Waals surface area contributed by atoms with Gasteiger partial charge in [0.15, 0.2) is 11.5 Å². The highest BCUT2D eigenvalue weighted by atomic mass is 35.5. The molecular weight excluding hydrogens is 374 g/mol. The number of benzene rings is 2. The number of Topliss-reactive ketones (excluding diaryl/α,β-unsaturated/α-hetero) is 1. The number of carbonyl (C=O) groups excluding carboxylic acids is 2. The lowest BCUT2D eigenvalue weighted by Gasteiger charge is -2.27. The maximum atomic E-state index is 13.0. The molecule has 3 rings (SSSR count). The Labute approximate surface area is 170 Å². The summed E-state index contributed by atoms with van der Waals surface area (Å²) in [5.41, 5.74) is 2.02. The van der Waals surface area contributed by atoms with E-state index >= 15 is 0 Å².